The molecule has 0 amide bonds. The van der Waals surface area contributed by atoms with E-state index in [1.165, 1.54) is 0 Å². The van der Waals surface area contributed by atoms with Gasteiger partial charge < -0.3 is 0 Å². The van der Waals surface area contributed by atoms with Crippen LogP contribution in [0.25, 0.3) is 0 Å². The van der Waals surface area contributed by atoms with E-state index in [9.17, 15) is 0 Å². The number of hydrogen-bond donors (Lipinski definition) is 0. The summed E-state index contributed by atoms with van der Waals surface area (Å²) in [6, 6.07) is 0. The summed E-state index contributed by atoms with van der Waals surface area (Å²) in [5.41, 5.74) is 0. The quantitative estimate of drug-likeness (QED) is 0.326. The molecule has 0 aromatic carbocycles. The van der Waals surface area contributed by atoms with Crippen LogP contribution in [-0.4, -0.2) is 6.83 Å². The fraction of sp³-hybridized carbons (Fsp3) is 0. The fourth-order valence-electron chi connectivity index (χ4n) is 0. The van der Waals surface area contributed by atoms with E-state index in [4.69, 9.17) is 16.4 Å². The average molecular weight is 77.3 g/mol. The Labute approximate surface area is 29.3 Å². The molecular formula is HBClNO. The second-order valence-corrected chi connectivity index (χ2v) is 0.488. The summed E-state index contributed by atoms with van der Waals surface area (Å²) in [6.07, 6.45) is 0. The van der Waals surface area contributed by atoms with Crippen LogP contribution in [0.4, 0.5) is 0 Å². The van der Waals surface area contributed by atoms with E-state index in [0.29, 0.717) is 0 Å². The Hall–Kier alpha value is -0.0451. The SMILES string of the molecule is O=NBCl. The topological polar surface area (TPSA) is 29.4 Å². The van der Waals surface area contributed by atoms with Crippen molar-refractivity contribution in [1.82, 2.24) is 0 Å². The second-order valence-electron chi connectivity index (χ2n) is 0.249. The van der Waals surface area contributed by atoms with Crippen molar-refractivity contribution in [2.24, 2.45) is 5.09 Å². The van der Waals surface area contributed by atoms with Gasteiger partial charge in [-0.2, -0.15) is 16.4 Å². The number of nitrogens with zero attached hydrogens (tertiary/aromatic N) is 1. The lowest BCUT2D eigenvalue weighted by Gasteiger charge is -1.44. The van der Waals surface area contributed by atoms with Crippen molar-refractivity contribution in [3.05, 3.63) is 4.91 Å². The number of hydrogen-bond acceptors (Lipinski definition) is 2. The Morgan fingerprint density at radius 2 is 2.25 bits per heavy atom. The summed E-state index contributed by atoms with van der Waals surface area (Å²) in [7, 11) is 0. The van der Waals surface area contributed by atoms with Gasteiger partial charge in [0.15, 0.2) is 0 Å². The van der Waals surface area contributed by atoms with Crippen molar-refractivity contribution in [2.45, 2.75) is 0 Å². The van der Waals surface area contributed by atoms with Gasteiger partial charge in [-0.15, -0.1) is 5.09 Å². The minimum absolute atomic E-state index is 0.139. The predicted molar refractivity (Wildman–Crippen MR) is 18.8 cm³/mol. The zero-order valence-corrected chi connectivity index (χ0v) is 2.70. The average Bonchev–Trinajstić information content (AvgIpc) is 1.37. The van der Waals surface area contributed by atoms with Crippen LogP contribution in [0, 0.1) is 4.91 Å². The molecular weight excluding hydrogens is 76.3 g/mol. The molecule has 0 unspecified atom stereocenters. The third-order valence-corrected chi connectivity index (χ3v) is 0.146. The van der Waals surface area contributed by atoms with Gasteiger partial charge in [-0.3, -0.25) is 0 Å². The van der Waals surface area contributed by atoms with Gasteiger partial charge in [0, 0.05) is 0 Å². The van der Waals surface area contributed by atoms with Crippen molar-refractivity contribution in [3.8, 4) is 0 Å². The van der Waals surface area contributed by atoms with Crippen molar-refractivity contribution in [1.29, 1.82) is 0 Å². The lowest BCUT2D eigenvalue weighted by molar-refractivity contribution is 1.83. The van der Waals surface area contributed by atoms with Gasteiger partial charge in [0.1, 0.15) is 0 Å². The van der Waals surface area contributed by atoms with E-state index in [2.05, 4.69) is 5.09 Å². The van der Waals surface area contributed by atoms with E-state index >= 15 is 0 Å². The first-order valence-electron chi connectivity index (χ1n) is 0.766. The minimum atomic E-state index is -0.139. The van der Waals surface area contributed by atoms with Gasteiger partial charge in [0.25, 0.3) is 0 Å². The number of nitroso groups, excluding NO2 is 1. The molecule has 0 fully saturated rings. The first-order valence-corrected chi connectivity index (χ1v) is 1.30. The molecule has 0 rings (SSSR count). The Balaban J connectivity index is 2.30. The summed E-state index contributed by atoms with van der Waals surface area (Å²) in [5, 5.41) is 2.25. The van der Waals surface area contributed by atoms with Crippen molar-refractivity contribution < 1.29 is 0 Å². The monoisotopic (exact) mass is 77.0 g/mol. The first-order chi connectivity index (χ1) is 1.91. The molecule has 0 aliphatic rings. The smallest absolute Gasteiger partial charge is 0.167 e. The van der Waals surface area contributed by atoms with Gasteiger partial charge in [-0.1, -0.05) is 0 Å². The molecule has 0 saturated heterocycles. The number of halogens is 1. The van der Waals surface area contributed by atoms with Crippen LogP contribution in [0.1, 0.15) is 0 Å². The normalized spacial score (nSPS) is 5.25. The van der Waals surface area contributed by atoms with Crippen LogP contribution >= 0.6 is 11.5 Å². The van der Waals surface area contributed by atoms with Crippen LogP contribution in [0.3, 0.4) is 0 Å². The van der Waals surface area contributed by atoms with Gasteiger partial charge in [-0.25, -0.2) is 0 Å². The third-order valence-electron chi connectivity index (χ3n) is 0.0488. The van der Waals surface area contributed by atoms with Crippen molar-refractivity contribution in [2.75, 3.05) is 0 Å². The molecule has 0 bridgehead atoms. The highest BCUT2D eigenvalue weighted by atomic mass is 35.5. The molecule has 0 aliphatic carbocycles. The zero-order chi connectivity index (χ0) is 3.41. The molecule has 0 aromatic heterocycles. The van der Waals surface area contributed by atoms with Gasteiger partial charge in [0.2, 0.25) is 0 Å². The molecule has 0 aliphatic heterocycles. The van der Waals surface area contributed by atoms with Crippen molar-refractivity contribution in [3.63, 3.8) is 0 Å². The van der Waals surface area contributed by atoms with E-state index in [-0.39, 0.29) is 6.83 Å². The van der Waals surface area contributed by atoms with Crippen LogP contribution in [-0.2, 0) is 0 Å². The molecule has 0 saturated carbocycles. The van der Waals surface area contributed by atoms with E-state index in [1.807, 2.05) is 0 Å². The Morgan fingerprint density at radius 1 is 2.00 bits per heavy atom. The lowest BCUT2D eigenvalue weighted by atomic mass is 10.5. The number of rotatable bonds is 1. The van der Waals surface area contributed by atoms with Crippen LogP contribution in [0.5, 0.6) is 0 Å². The standard InChI is InChI=1S/BClHNO/c2-1-3-4/h1H. The minimum Gasteiger partial charge on any atom is -0.167 e. The summed E-state index contributed by atoms with van der Waals surface area (Å²) in [6.45, 7) is -0.139. The largest absolute Gasteiger partial charge is 0.419 e. The Bertz CT molecular complexity index is 22.0. The van der Waals surface area contributed by atoms with Crippen molar-refractivity contribution >= 4 is 18.3 Å². The lowest BCUT2D eigenvalue weighted by Crippen LogP contribution is -1.54. The molecule has 0 heterocycles. The van der Waals surface area contributed by atoms with Crippen LogP contribution in [0.2, 0.25) is 0 Å². The highest BCUT2D eigenvalue weighted by Gasteiger charge is 1.64. The molecule has 0 atom stereocenters. The highest BCUT2D eigenvalue weighted by Crippen LogP contribution is 1.61. The van der Waals surface area contributed by atoms with E-state index in [0.717, 1.165) is 0 Å². The molecule has 0 spiro atoms. The van der Waals surface area contributed by atoms with E-state index < -0.39 is 0 Å². The zero-order valence-electron chi connectivity index (χ0n) is 1.94. The maximum Gasteiger partial charge on any atom is 0.419 e. The van der Waals surface area contributed by atoms with Gasteiger partial charge >= 0.3 is 6.83 Å². The molecule has 22 valence electrons. The van der Waals surface area contributed by atoms with Gasteiger partial charge in [0.05, 0.1) is 0 Å². The summed E-state index contributed by atoms with van der Waals surface area (Å²) >= 11 is 4.71. The molecule has 4 heteroatoms. The maximum atomic E-state index is 8.79. The highest BCUT2D eigenvalue weighted by molar-refractivity contribution is 6.92. The summed E-state index contributed by atoms with van der Waals surface area (Å²) in [5.74, 6) is 0. The molecule has 0 aromatic rings. The van der Waals surface area contributed by atoms with Crippen LogP contribution < -0.4 is 0 Å². The summed E-state index contributed by atoms with van der Waals surface area (Å²) < 4.78 is 0. The molecule has 0 N–H and O–H groups in total. The second kappa shape index (κ2) is 2.95. The Kier molecular flexibility index (Phi) is 2.92. The maximum absolute atomic E-state index is 8.79. The molecule has 4 heavy (non-hydrogen) atoms. The molecule has 2 nitrogen and oxygen atoms in total. The first kappa shape index (κ1) is 3.95. The fourth-order valence-corrected chi connectivity index (χ4v) is 0. The van der Waals surface area contributed by atoms with Gasteiger partial charge in [-0.05, 0) is 0 Å². The predicted octanol–water partition coefficient (Wildman–Crippen LogP) is 0.258. The van der Waals surface area contributed by atoms with E-state index in [1.54, 1.807) is 0 Å². The Morgan fingerprint density at radius 3 is 2.25 bits per heavy atom. The third kappa shape index (κ3) is 1.95. The van der Waals surface area contributed by atoms with Crippen LogP contribution in [0.15, 0.2) is 5.09 Å². The summed E-state index contributed by atoms with van der Waals surface area (Å²) in [4.78, 5) is 8.79. The molecule has 0 radical (unpaired) electrons.